The van der Waals surface area contributed by atoms with Gasteiger partial charge in [0.2, 0.25) is 0 Å². The van der Waals surface area contributed by atoms with Crippen molar-refractivity contribution in [3.63, 3.8) is 0 Å². The fraction of sp³-hybridized carbons (Fsp3) is 0.920. The third-order valence-corrected chi connectivity index (χ3v) is 6.94. The van der Waals surface area contributed by atoms with E-state index in [0.29, 0.717) is 0 Å². The predicted molar refractivity (Wildman–Crippen MR) is 127 cm³/mol. The normalized spacial score (nSPS) is 11.4. The van der Waals surface area contributed by atoms with Gasteiger partial charge in [0.15, 0.2) is 0 Å². The average molecular weight is 411 g/mol. The van der Waals surface area contributed by atoms with Crippen molar-refractivity contribution in [2.24, 2.45) is 0 Å². The molecule has 0 aliphatic rings. The summed E-state index contributed by atoms with van der Waals surface area (Å²) < 4.78 is 12.2. The van der Waals surface area contributed by atoms with E-state index in [1.165, 1.54) is 96.3 Å². The smallest absolute Gasteiger partial charge is 0.331 e. The number of unbranched alkanes of at least 4 members (excludes halogenated alkanes) is 14. The Hall–Kier alpha value is -0.303. The lowest BCUT2D eigenvalue weighted by Crippen LogP contribution is -2.35. The highest BCUT2D eigenvalue weighted by Crippen LogP contribution is 2.13. The molecule has 0 aromatic rings. The first kappa shape index (κ1) is 27.7. The average Bonchev–Trinajstić information content (AvgIpc) is 2.67. The van der Waals surface area contributed by atoms with Gasteiger partial charge in [-0.2, -0.15) is 0 Å². The van der Waals surface area contributed by atoms with E-state index in [0.717, 1.165) is 26.1 Å². The fourth-order valence-corrected chi connectivity index (χ4v) is 4.68. The molecule has 28 heavy (non-hydrogen) atoms. The standard InChI is InChI=1S/C25H50O2Si/c1-5-7-9-11-13-15-17-19-21-23-25-27-28(3,4)26-24-22-20-18-16-14-12-10-8-6-2/h5-6,8,10-25H2,1-4H3. The number of hydrogen-bond donors (Lipinski definition) is 0. The summed E-state index contributed by atoms with van der Waals surface area (Å²) in [5, 5.41) is 0. The molecule has 0 saturated heterocycles. The Morgan fingerprint density at radius 1 is 0.536 bits per heavy atom. The van der Waals surface area contributed by atoms with E-state index in [2.05, 4.69) is 38.8 Å². The highest BCUT2D eigenvalue weighted by atomic mass is 28.4. The molecule has 0 heterocycles. The third kappa shape index (κ3) is 22.0. The van der Waals surface area contributed by atoms with Gasteiger partial charge in [-0.15, -0.1) is 11.8 Å². The first-order chi connectivity index (χ1) is 13.6. The number of rotatable bonds is 20. The van der Waals surface area contributed by atoms with Crippen molar-refractivity contribution >= 4 is 8.56 Å². The molecule has 0 aromatic carbocycles. The molecule has 0 unspecified atom stereocenters. The minimum atomic E-state index is -1.90. The number of hydrogen-bond acceptors (Lipinski definition) is 2. The van der Waals surface area contributed by atoms with Crippen molar-refractivity contribution in [2.75, 3.05) is 13.2 Å². The van der Waals surface area contributed by atoms with Crippen LogP contribution in [0.1, 0.15) is 123 Å². The van der Waals surface area contributed by atoms with Crippen LogP contribution in [0.25, 0.3) is 0 Å². The summed E-state index contributed by atoms with van der Waals surface area (Å²) in [6, 6.07) is 0. The van der Waals surface area contributed by atoms with Crippen molar-refractivity contribution in [1.82, 2.24) is 0 Å². The Kier molecular flexibility index (Phi) is 21.2. The van der Waals surface area contributed by atoms with E-state index < -0.39 is 8.56 Å². The Labute approximate surface area is 178 Å². The van der Waals surface area contributed by atoms with E-state index in [4.69, 9.17) is 8.85 Å². The molecule has 0 atom stereocenters. The van der Waals surface area contributed by atoms with Crippen LogP contribution in [0.3, 0.4) is 0 Å². The third-order valence-electron chi connectivity index (χ3n) is 5.15. The molecule has 0 spiro atoms. The molecule has 0 fully saturated rings. The van der Waals surface area contributed by atoms with E-state index >= 15 is 0 Å². The van der Waals surface area contributed by atoms with Crippen molar-refractivity contribution in [3.05, 3.63) is 0 Å². The Balaban J connectivity index is 3.35. The van der Waals surface area contributed by atoms with E-state index in [9.17, 15) is 0 Å². The van der Waals surface area contributed by atoms with Crippen molar-refractivity contribution in [1.29, 1.82) is 0 Å². The molecule has 0 aromatic heterocycles. The summed E-state index contributed by atoms with van der Waals surface area (Å²) in [6.45, 7) is 10.5. The molecule has 0 amide bonds. The molecule has 0 saturated carbocycles. The zero-order valence-electron chi connectivity index (χ0n) is 19.8. The Bertz CT molecular complexity index is 370. The quantitative estimate of drug-likeness (QED) is 0.114. The summed E-state index contributed by atoms with van der Waals surface area (Å²) in [4.78, 5) is 0. The predicted octanol–water partition coefficient (Wildman–Crippen LogP) is 8.40. The van der Waals surface area contributed by atoms with Crippen LogP contribution in [0.4, 0.5) is 0 Å². The molecule has 0 bridgehead atoms. The molecule has 3 heteroatoms. The first-order valence-electron chi connectivity index (χ1n) is 12.4. The highest BCUT2D eigenvalue weighted by molar-refractivity contribution is 6.64. The van der Waals surface area contributed by atoms with Gasteiger partial charge in [-0.05, 0) is 32.4 Å². The zero-order chi connectivity index (χ0) is 20.8. The maximum atomic E-state index is 6.08. The van der Waals surface area contributed by atoms with Crippen LogP contribution in [0, 0.1) is 11.8 Å². The lowest BCUT2D eigenvalue weighted by atomic mass is 10.1. The summed E-state index contributed by atoms with van der Waals surface area (Å²) in [7, 11) is -1.90. The molecular formula is C25H50O2Si. The van der Waals surface area contributed by atoms with Crippen molar-refractivity contribution < 1.29 is 8.85 Å². The molecule has 0 aliphatic carbocycles. The van der Waals surface area contributed by atoms with Gasteiger partial charge in [0, 0.05) is 26.1 Å². The van der Waals surface area contributed by atoms with Crippen LogP contribution in [0.2, 0.25) is 13.1 Å². The maximum absolute atomic E-state index is 6.08. The van der Waals surface area contributed by atoms with Gasteiger partial charge in [0.1, 0.15) is 0 Å². The van der Waals surface area contributed by atoms with Crippen LogP contribution >= 0.6 is 0 Å². The maximum Gasteiger partial charge on any atom is 0.331 e. The van der Waals surface area contributed by atoms with Crippen LogP contribution < -0.4 is 0 Å². The molecule has 0 aliphatic heterocycles. The topological polar surface area (TPSA) is 18.5 Å². The molecule has 166 valence electrons. The lowest BCUT2D eigenvalue weighted by molar-refractivity contribution is 0.172. The van der Waals surface area contributed by atoms with Gasteiger partial charge in [0.25, 0.3) is 0 Å². The van der Waals surface area contributed by atoms with Crippen LogP contribution in [-0.2, 0) is 8.85 Å². The van der Waals surface area contributed by atoms with Gasteiger partial charge in [-0.1, -0.05) is 90.9 Å². The van der Waals surface area contributed by atoms with Crippen molar-refractivity contribution in [3.8, 4) is 11.8 Å². The second-order valence-electron chi connectivity index (χ2n) is 8.50. The van der Waals surface area contributed by atoms with Crippen LogP contribution in [0.15, 0.2) is 0 Å². The second kappa shape index (κ2) is 21.4. The van der Waals surface area contributed by atoms with E-state index in [-0.39, 0.29) is 0 Å². The molecule has 0 N–H and O–H groups in total. The van der Waals surface area contributed by atoms with Crippen molar-refractivity contribution in [2.45, 2.75) is 136 Å². The summed E-state index contributed by atoms with van der Waals surface area (Å²) >= 11 is 0. The van der Waals surface area contributed by atoms with Gasteiger partial charge in [0.05, 0.1) is 0 Å². The minimum absolute atomic E-state index is 0.874. The fourth-order valence-electron chi connectivity index (χ4n) is 3.33. The second-order valence-corrected chi connectivity index (χ2v) is 11.9. The van der Waals surface area contributed by atoms with Gasteiger partial charge < -0.3 is 8.85 Å². The summed E-state index contributed by atoms with van der Waals surface area (Å²) in [5.41, 5.74) is 0. The SMILES string of the molecule is CCC#CCCCCCCCCO[Si](C)(C)OCCCCCCCCCCC. The van der Waals surface area contributed by atoms with E-state index in [1.807, 2.05) is 0 Å². The molecular weight excluding hydrogens is 360 g/mol. The van der Waals surface area contributed by atoms with Crippen LogP contribution in [-0.4, -0.2) is 21.8 Å². The monoisotopic (exact) mass is 410 g/mol. The highest BCUT2D eigenvalue weighted by Gasteiger charge is 2.23. The molecule has 0 radical (unpaired) electrons. The Morgan fingerprint density at radius 3 is 1.43 bits per heavy atom. The van der Waals surface area contributed by atoms with Gasteiger partial charge in [-0.25, -0.2) is 0 Å². The van der Waals surface area contributed by atoms with E-state index in [1.54, 1.807) is 0 Å². The Morgan fingerprint density at radius 2 is 0.964 bits per heavy atom. The first-order valence-corrected chi connectivity index (χ1v) is 15.2. The summed E-state index contributed by atoms with van der Waals surface area (Å²) in [5.74, 6) is 6.37. The zero-order valence-corrected chi connectivity index (χ0v) is 20.8. The molecule has 0 rings (SSSR count). The molecule has 2 nitrogen and oxygen atoms in total. The summed E-state index contributed by atoms with van der Waals surface area (Å²) in [6.07, 6.45) is 22.0. The van der Waals surface area contributed by atoms with Gasteiger partial charge >= 0.3 is 8.56 Å². The largest absolute Gasteiger partial charge is 0.395 e. The minimum Gasteiger partial charge on any atom is -0.395 e. The van der Waals surface area contributed by atoms with Gasteiger partial charge in [-0.3, -0.25) is 0 Å². The van der Waals surface area contributed by atoms with Crippen LogP contribution in [0.5, 0.6) is 0 Å². The lowest BCUT2D eigenvalue weighted by Gasteiger charge is -2.23.